The van der Waals surface area contributed by atoms with E-state index < -0.39 is 0 Å². The number of allylic oxidation sites excluding steroid dienone is 2. The molecule has 0 spiro atoms. The number of Topliss-reactive ketones (excluding diaryl/α,β-unsaturated/α-hetero) is 1. The number of aliphatic imine (C=N–C) groups is 1. The number of rotatable bonds is 10. The van der Waals surface area contributed by atoms with Gasteiger partial charge in [0.05, 0.1) is 26.1 Å². The standard InChI is InChI=1S/C27H31Cl2N5O3/c1-7-18(13-30-4)20-14-31-19-10-11-23(34(27(19)32-20)15-16(2)8-9-17(3)35)33-26-24(28)21(36-5)12-22(37-6)25(26)29/h7,10-14,16H,8-9,15H2,1-6H3/b18-7+,30-13?,33-23?. The molecule has 1 unspecified atom stereocenters. The molecule has 2 aromatic heterocycles. The van der Waals surface area contributed by atoms with E-state index in [-0.39, 0.29) is 21.7 Å². The fourth-order valence-corrected chi connectivity index (χ4v) is 4.42. The summed E-state index contributed by atoms with van der Waals surface area (Å²) in [4.78, 5) is 30.2. The van der Waals surface area contributed by atoms with Crippen molar-refractivity contribution in [1.82, 2.24) is 14.5 Å². The van der Waals surface area contributed by atoms with Gasteiger partial charge < -0.3 is 18.8 Å². The highest BCUT2D eigenvalue weighted by Gasteiger charge is 2.18. The summed E-state index contributed by atoms with van der Waals surface area (Å²) in [6.45, 7) is 6.16. The van der Waals surface area contributed by atoms with Crippen LogP contribution in [-0.4, -0.2) is 47.8 Å². The zero-order chi connectivity index (χ0) is 27.1. The smallest absolute Gasteiger partial charge is 0.160 e. The lowest BCUT2D eigenvalue weighted by atomic mass is 10.0. The van der Waals surface area contributed by atoms with Crippen molar-refractivity contribution in [2.24, 2.45) is 15.9 Å². The van der Waals surface area contributed by atoms with Gasteiger partial charge in [-0.2, -0.15) is 0 Å². The maximum absolute atomic E-state index is 11.6. The predicted molar refractivity (Wildman–Crippen MR) is 149 cm³/mol. The zero-order valence-electron chi connectivity index (χ0n) is 21.9. The predicted octanol–water partition coefficient (Wildman–Crippen LogP) is 6.10. The fraction of sp³-hybridized carbons (Fsp3) is 0.370. The Morgan fingerprint density at radius 3 is 2.43 bits per heavy atom. The molecular weight excluding hydrogens is 513 g/mol. The van der Waals surface area contributed by atoms with Crippen LogP contribution in [0.25, 0.3) is 16.7 Å². The number of methoxy groups -OCH3 is 2. The van der Waals surface area contributed by atoms with Crippen molar-refractivity contribution < 1.29 is 14.3 Å². The second-order valence-corrected chi connectivity index (χ2v) is 9.37. The number of pyridine rings is 1. The minimum atomic E-state index is 0.153. The van der Waals surface area contributed by atoms with Crippen molar-refractivity contribution in [2.45, 2.75) is 40.2 Å². The summed E-state index contributed by atoms with van der Waals surface area (Å²) >= 11 is 13.2. The molecule has 0 aliphatic rings. The van der Waals surface area contributed by atoms with Crippen molar-refractivity contribution in [3.63, 3.8) is 0 Å². The quantitative estimate of drug-likeness (QED) is 0.288. The number of ketones is 1. The van der Waals surface area contributed by atoms with Crippen LogP contribution in [0, 0.1) is 5.92 Å². The number of ether oxygens (including phenoxy) is 2. The topological polar surface area (TPSA) is 91.0 Å². The molecule has 1 atom stereocenters. The van der Waals surface area contributed by atoms with E-state index in [1.807, 2.05) is 29.7 Å². The molecule has 3 rings (SSSR count). The van der Waals surface area contributed by atoms with E-state index >= 15 is 0 Å². The molecular formula is C27H31Cl2N5O3. The van der Waals surface area contributed by atoms with Gasteiger partial charge in [0, 0.05) is 37.9 Å². The Morgan fingerprint density at radius 1 is 1.19 bits per heavy atom. The van der Waals surface area contributed by atoms with Crippen LogP contribution >= 0.6 is 23.2 Å². The van der Waals surface area contributed by atoms with Crippen LogP contribution in [0.3, 0.4) is 0 Å². The van der Waals surface area contributed by atoms with E-state index in [1.165, 1.54) is 14.2 Å². The maximum atomic E-state index is 11.6. The Hall–Kier alpha value is -3.23. The van der Waals surface area contributed by atoms with Gasteiger partial charge in [-0.3, -0.25) is 9.98 Å². The number of fused-ring (bicyclic) bond motifs is 1. The first-order valence-electron chi connectivity index (χ1n) is 11.8. The summed E-state index contributed by atoms with van der Waals surface area (Å²) in [6.07, 6.45) is 6.62. The molecule has 10 heteroatoms. The molecule has 37 heavy (non-hydrogen) atoms. The van der Waals surface area contributed by atoms with Gasteiger partial charge >= 0.3 is 0 Å². The van der Waals surface area contributed by atoms with Crippen molar-refractivity contribution in [1.29, 1.82) is 0 Å². The van der Waals surface area contributed by atoms with Crippen LogP contribution < -0.4 is 15.0 Å². The lowest BCUT2D eigenvalue weighted by Gasteiger charge is -2.17. The molecule has 8 nitrogen and oxygen atoms in total. The SMILES string of the molecule is C/C=C(\C=NC)c1cnc2ccc(=Nc3c(Cl)c(OC)cc(OC)c3Cl)n(CC(C)CCC(C)=O)c2n1. The molecule has 0 aliphatic heterocycles. The number of hydrogen-bond donors (Lipinski definition) is 0. The van der Waals surface area contributed by atoms with E-state index in [0.29, 0.717) is 52.5 Å². The Morgan fingerprint density at radius 2 is 1.86 bits per heavy atom. The molecule has 196 valence electrons. The van der Waals surface area contributed by atoms with E-state index in [2.05, 4.69) is 16.9 Å². The molecule has 0 aliphatic carbocycles. The van der Waals surface area contributed by atoms with Crippen molar-refractivity contribution >= 4 is 57.6 Å². The molecule has 0 saturated carbocycles. The van der Waals surface area contributed by atoms with Gasteiger partial charge in [0.15, 0.2) is 5.65 Å². The van der Waals surface area contributed by atoms with Gasteiger partial charge in [-0.05, 0) is 38.3 Å². The first-order chi connectivity index (χ1) is 17.7. The number of hydrogen-bond acceptors (Lipinski definition) is 7. The Kier molecular flexibility index (Phi) is 9.83. The van der Waals surface area contributed by atoms with E-state index in [4.69, 9.17) is 42.7 Å². The second-order valence-electron chi connectivity index (χ2n) is 8.61. The van der Waals surface area contributed by atoms with Crippen LogP contribution in [0.1, 0.15) is 39.3 Å². The largest absolute Gasteiger partial charge is 0.495 e. The van der Waals surface area contributed by atoms with E-state index in [9.17, 15) is 4.79 Å². The molecule has 0 N–H and O–H groups in total. The number of halogens is 2. The highest BCUT2D eigenvalue weighted by molar-refractivity contribution is 6.40. The average molecular weight is 544 g/mol. The van der Waals surface area contributed by atoms with Crippen LogP contribution in [-0.2, 0) is 11.3 Å². The van der Waals surface area contributed by atoms with Gasteiger partial charge in [-0.15, -0.1) is 0 Å². The fourth-order valence-electron chi connectivity index (χ4n) is 3.84. The highest BCUT2D eigenvalue weighted by Crippen LogP contribution is 2.45. The number of carbonyl (C=O) groups excluding carboxylic acids is 1. The van der Waals surface area contributed by atoms with Gasteiger partial charge in [-0.1, -0.05) is 36.2 Å². The molecule has 3 aromatic rings. The van der Waals surface area contributed by atoms with Gasteiger partial charge in [0.25, 0.3) is 0 Å². The number of nitrogens with zero attached hydrogens (tertiary/aromatic N) is 5. The number of benzene rings is 1. The summed E-state index contributed by atoms with van der Waals surface area (Å²) in [5.41, 5.74) is 3.76. The lowest BCUT2D eigenvalue weighted by molar-refractivity contribution is -0.117. The molecule has 0 radical (unpaired) electrons. The third-order valence-corrected chi connectivity index (χ3v) is 6.57. The van der Waals surface area contributed by atoms with Crippen molar-refractivity contribution in [2.75, 3.05) is 21.3 Å². The average Bonchev–Trinajstić information content (AvgIpc) is 2.89. The first-order valence-corrected chi connectivity index (χ1v) is 12.6. The summed E-state index contributed by atoms with van der Waals surface area (Å²) in [5, 5.41) is 0.527. The Balaban J connectivity index is 2.33. The number of aromatic nitrogens is 3. The molecule has 1 aromatic carbocycles. The minimum Gasteiger partial charge on any atom is -0.495 e. The zero-order valence-corrected chi connectivity index (χ0v) is 23.4. The monoisotopic (exact) mass is 543 g/mol. The Labute approximate surface area is 226 Å². The highest BCUT2D eigenvalue weighted by atomic mass is 35.5. The van der Waals surface area contributed by atoms with E-state index in [0.717, 1.165) is 12.0 Å². The summed E-state index contributed by atoms with van der Waals surface area (Å²) in [7, 11) is 4.74. The van der Waals surface area contributed by atoms with Crippen LogP contribution in [0.5, 0.6) is 11.5 Å². The number of carbonyl (C=O) groups is 1. The van der Waals surface area contributed by atoms with Gasteiger partial charge in [0.2, 0.25) is 0 Å². The van der Waals surface area contributed by atoms with Crippen molar-refractivity contribution in [3.05, 3.63) is 51.7 Å². The minimum absolute atomic E-state index is 0.153. The third-order valence-electron chi connectivity index (χ3n) is 5.84. The van der Waals surface area contributed by atoms with Crippen LogP contribution in [0.15, 0.2) is 40.5 Å². The Bertz CT molecular complexity index is 1400. The normalized spacial score (nSPS) is 13.4. The first kappa shape index (κ1) is 28.3. The van der Waals surface area contributed by atoms with Crippen molar-refractivity contribution in [3.8, 4) is 11.5 Å². The molecule has 0 amide bonds. The van der Waals surface area contributed by atoms with Gasteiger partial charge in [0.1, 0.15) is 44.0 Å². The summed E-state index contributed by atoms with van der Waals surface area (Å²) in [6, 6.07) is 5.31. The third kappa shape index (κ3) is 6.56. The molecule has 2 heterocycles. The lowest BCUT2D eigenvalue weighted by Crippen LogP contribution is -2.25. The molecule has 0 bridgehead atoms. The molecule has 0 fully saturated rings. The van der Waals surface area contributed by atoms with Crippen LogP contribution in [0.2, 0.25) is 10.0 Å². The molecule has 0 saturated heterocycles. The summed E-state index contributed by atoms with van der Waals surface area (Å²) in [5.74, 6) is 1.09. The van der Waals surface area contributed by atoms with Gasteiger partial charge in [-0.25, -0.2) is 9.98 Å². The second kappa shape index (κ2) is 12.8. The summed E-state index contributed by atoms with van der Waals surface area (Å²) < 4.78 is 12.8. The maximum Gasteiger partial charge on any atom is 0.160 e. The van der Waals surface area contributed by atoms with Crippen LogP contribution in [0.4, 0.5) is 5.69 Å². The van der Waals surface area contributed by atoms with E-state index in [1.54, 1.807) is 32.4 Å².